The molecule has 2 aliphatic rings. The monoisotopic (exact) mass is 450 g/mol. The summed E-state index contributed by atoms with van der Waals surface area (Å²) in [4.78, 5) is 11.9. The highest BCUT2D eigenvalue weighted by molar-refractivity contribution is 7.89. The number of hydrogen-bond acceptors (Lipinski definition) is 8. The SMILES string of the molecule is O=C(NO)[C@H]1C[C@@H](O)CCN1S(=O)(=O)c1ccc(OCc2ccc3c(c2)OCO3)cc1. The maximum absolute atomic E-state index is 13.0. The van der Waals surface area contributed by atoms with Gasteiger partial charge in [0.2, 0.25) is 16.8 Å². The van der Waals surface area contributed by atoms with Gasteiger partial charge >= 0.3 is 0 Å². The Hall–Kier alpha value is -2.86. The van der Waals surface area contributed by atoms with E-state index >= 15 is 0 Å². The zero-order valence-electron chi connectivity index (χ0n) is 16.4. The third kappa shape index (κ3) is 4.44. The van der Waals surface area contributed by atoms with Gasteiger partial charge in [0.15, 0.2) is 11.5 Å². The molecule has 2 aromatic carbocycles. The lowest BCUT2D eigenvalue weighted by atomic mass is 10.0. The van der Waals surface area contributed by atoms with Gasteiger partial charge in [-0.1, -0.05) is 6.07 Å². The first kappa shape index (κ1) is 21.4. The van der Waals surface area contributed by atoms with E-state index in [1.54, 1.807) is 6.07 Å². The first-order valence-electron chi connectivity index (χ1n) is 9.64. The number of nitrogens with zero attached hydrogens (tertiary/aromatic N) is 1. The van der Waals surface area contributed by atoms with Gasteiger partial charge in [-0.25, -0.2) is 13.9 Å². The predicted molar refractivity (Wildman–Crippen MR) is 106 cm³/mol. The van der Waals surface area contributed by atoms with Crippen LogP contribution in [0, 0.1) is 0 Å². The van der Waals surface area contributed by atoms with Crippen LogP contribution in [0.3, 0.4) is 0 Å². The van der Waals surface area contributed by atoms with Crippen molar-refractivity contribution >= 4 is 15.9 Å². The van der Waals surface area contributed by atoms with Gasteiger partial charge in [-0.05, 0) is 54.8 Å². The summed E-state index contributed by atoms with van der Waals surface area (Å²) < 4.78 is 43.4. The number of aliphatic hydroxyl groups excluding tert-OH is 1. The summed E-state index contributed by atoms with van der Waals surface area (Å²) in [6.07, 6.45) is -0.714. The largest absolute Gasteiger partial charge is 0.489 e. The van der Waals surface area contributed by atoms with Crippen molar-refractivity contribution in [1.29, 1.82) is 0 Å². The van der Waals surface area contributed by atoms with E-state index in [1.165, 1.54) is 29.7 Å². The number of hydroxylamine groups is 1. The fourth-order valence-corrected chi connectivity index (χ4v) is 5.18. The van der Waals surface area contributed by atoms with Crippen molar-refractivity contribution in [1.82, 2.24) is 9.79 Å². The topological polar surface area (TPSA) is 135 Å². The number of ether oxygens (including phenoxy) is 3. The highest BCUT2D eigenvalue weighted by atomic mass is 32.2. The van der Waals surface area contributed by atoms with Crippen molar-refractivity contribution in [3.8, 4) is 17.2 Å². The summed E-state index contributed by atoms with van der Waals surface area (Å²) in [5, 5.41) is 18.7. The Morgan fingerprint density at radius 3 is 2.65 bits per heavy atom. The van der Waals surface area contributed by atoms with Gasteiger partial charge in [0.1, 0.15) is 18.4 Å². The molecule has 1 saturated heterocycles. The Balaban J connectivity index is 1.45. The molecule has 1 fully saturated rings. The third-order valence-corrected chi connectivity index (χ3v) is 7.13. The van der Waals surface area contributed by atoms with Crippen LogP contribution in [0.5, 0.6) is 17.2 Å². The minimum atomic E-state index is -4.02. The number of aliphatic hydroxyl groups is 1. The summed E-state index contributed by atoms with van der Waals surface area (Å²) in [6.45, 7) is 0.405. The number of sulfonamides is 1. The average molecular weight is 450 g/mol. The second-order valence-corrected chi connectivity index (χ2v) is 9.12. The van der Waals surface area contributed by atoms with Crippen molar-refractivity contribution in [2.24, 2.45) is 0 Å². The van der Waals surface area contributed by atoms with E-state index < -0.39 is 28.1 Å². The Kier molecular flexibility index (Phi) is 6.01. The van der Waals surface area contributed by atoms with Crippen LogP contribution in [-0.4, -0.2) is 54.4 Å². The fraction of sp³-hybridized carbons (Fsp3) is 0.350. The first-order valence-corrected chi connectivity index (χ1v) is 11.1. The van der Waals surface area contributed by atoms with Crippen LogP contribution in [0.25, 0.3) is 0 Å². The fourth-order valence-electron chi connectivity index (χ4n) is 3.57. The lowest BCUT2D eigenvalue weighted by Gasteiger charge is -2.35. The van der Waals surface area contributed by atoms with Gasteiger partial charge < -0.3 is 19.3 Å². The Bertz CT molecular complexity index is 1060. The number of carbonyl (C=O) groups is 1. The van der Waals surface area contributed by atoms with Crippen LogP contribution in [0.15, 0.2) is 47.4 Å². The smallest absolute Gasteiger partial charge is 0.261 e. The van der Waals surface area contributed by atoms with Crippen LogP contribution in [0.1, 0.15) is 18.4 Å². The lowest BCUT2D eigenvalue weighted by Crippen LogP contribution is -2.54. The Morgan fingerprint density at radius 2 is 1.90 bits per heavy atom. The molecule has 0 spiro atoms. The van der Waals surface area contributed by atoms with E-state index in [9.17, 15) is 18.3 Å². The molecular weight excluding hydrogens is 428 g/mol. The van der Waals surface area contributed by atoms with Crippen molar-refractivity contribution in [3.05, 3.63) is 48.0 Å². The number of hydrogen-bond donors (Lipinski definition) is 3. The molecule has 4 rings (SSSR count). The van der Waals surface area contributed by atoms with E-state index in [2.05, 4.69) is 0 Å². The molecule has 0 bridgehead atoms. The molecule has 2 aromatic rings. The first-order chi connectivity index (χ1) is 14.9. The van der Waals surface area contributed by atoms with Crippen molar-refractivity contribution in [2.45, 2.75) is 36.5 Å². The highest BCUT2D eigenvalue weighted by Gasteiger charge is 2.40. The van der Waals surface area contributed by atoms with Crippen molar-refractivity contribution in [3.63, 3.8) is 0 Å². The second kappa shape index (κ2) is 8.71. The number of fused-ring (bicyclic) bond motifs is 1. The van der Waals surface area contributed by atoms with E-state index in [1.807, 2.05) is 12.1 Å². The van der Waals surface area contributed by atoms with Crippen LogP contribution >= 0.6 is 0 Å². The molecule has 2 heterocycles. The molecule has 0 saturated carbocycles. The van der Waals surface area contributed by atoms with E-state index in [-0.39, 0.29) is 37.7 Å². The molecule has 10 nitrogen and oxygen atoms in total. The Labute approximate surface area is 179 Å². The average Bonchev–Trinajstić information content (AvgIpc) is 3.25. The lowest BCUT2D eigenvalue weighted by molar-refractivity contribution is -0.135. The van der Waals surface area contributed by atoms with Crippen LogP contribution in [0.4, 0.5) is 0 Å². The summed E-state index contributed by atoms with van der Waals surface area (Å²) >= 11 is 0. The number of amides is 1. The summed E-state index contributed by atoms with van der Waals surface area (Å²) in [6, 6.07) is 10.1. The molecule has 11 heteroatoms. The van der Waals surface area contributed by atoms with Crippen LogP contribution in [0.2, 0.25) is 0 Å². The maximum atomic E-state index is 13.0. The van der Waals surface area contributed by atoms with Crippen molar-refractivity contribution in [2.75, 3.05) is 13.3 Å². The molecule has 0 aliphatic carbocycles. The third-order valence-electron chi connectivity index (χ3n) is 5.21. The van der Waals surface area contributed by atoms with Crippen molar-refractivity contribution < 1.29 is 37.7 Å². The number of piperidine rings is 1. The zero-order chi connectivity index (χ0) is 22.0. The molecule has 31 heavy (non-hydrogen) atoms. The van der Waals surface area contributed by atoms with Gasteiger partial charge in [-0.2, -0.15) is 4.31 Å². The molecule has 166 valence electrons. The van der Waals surface area contributed by atoms with E-state index in [0.29, 0.717) is 17.2 Å². The van der Waals surface area contributed by atoms with Gasteiger partial charge in [0, 0.05) is 6.54 Å². The summed E-state index contributed by atoms with van der Waals surface area (Å²) in [5.74, 6) is 0.911. The summed E-state index contributed by atoms with van der Waals surface area (Å²) in [5.41, 5.74) is 2.34. The number of benzene rings is 2. The zero-order valence-corrected chi connectivity index (χ0v) is 17.2. The van der Waals surface area contributed by atoms with Gasteiger partial charge in [-0.3, -0.25) is 10.0 Å². The number of rotatable bonds is 6. The van der Waals surface area contributed by atoms with E-state index in [0.717, 1.165) is 9.87 Å². The molecule has 3 N–H and O–H groups in total. The van der Waals surface area contributed by atoms with Gasteiger partial charge in [0.05, 0.1) is 11.0 Å². The second-order valence-electron chi connectivity index (χ2n) is 7.23. The van der Waals surface area contributed by atoms with E-state index in [4.69, 9.17) is 19.4 Å². The highest BCUT2D eigenvalue weighted by Crippen LogP contribution is 2.33. The minimum absolute atomic E-state index is 0.0185. The predicted octanol–water partition coefficient (Wildman–Crippen LogP) is 1.01. The van der Waals surface area contributed by atoms with Crippen LogP contribution in [-0.2, 0) is 21.4 Å². The summed E-state index contributed by atoms with van der Waals surface area (Å²) in [7, 11) is -4.02. The molecule has 2 aliphatic heterocycles. The minimum Gasteiger partial charge on any atom is -0.489 e. The maximum Gasteiger partial charge on any atom is 0.261 e. The number of carbonyl (C=O) groups excluding carboxylic acids is 1. The molecular formula is C20H22N2O8S. The molecule has 0 aromatic heterocycles. The molecule has 1 amide bonds. The van der Waals surface area contributed by atoms with Crippen LogP contribution < -0.4 is 19.7 Å². The standard InChI is InChI=1S/C20H22N2O8S/c23-14-7-8-22(17(10-14)20(24)21-25)31(26,27)16-4-2-15(3-5-16)28-11-13-1-6-18-19(9-13)30-12-29-18/h1-6,9,14,17,23,25H,7-8,10-12H2,(H,21,24)/t14-,17+/m0/s1. The molecule has 0 radical (unpaired) electrons. The Morgan fingerprint density at radius 1 is 1.16 bits per heavy atom. The van der Waals surface area contributed by atoms with Gasteiger partial charge in [-0.15, -0.1) is 0 Å². The number of nitrogens with one attached hydrogen (secondary N) is 1. The molecule has 2 atom stereocenters. The molecule has 0 unspecified atom stereocenters. The normalized spacial score (nSPS) is 21.0. The van der Waals surface area contributed by atoms with Gasteiger partial charge in [0.25, 0.3) is 5.91 Å². The quantitative estimate of drug-likeness (QED) is 0.439.